The van der Waals surface area contributed by atoms with Crippen LogP contribution in [0.3, 0.4) is 0 Å². The summed E-state index contributed by atoms with van der Waals surface area (Å²) >= 11 is 5.84. The molecule has 25 heavy (non-hydrogen) atoms. The lowest BCUT2D eigenvalue weighted by molar-refractivity contribution is 0.590. The van der Waals surface area contributed by atoms with Gasteiger partial charge in [0.25, 0.3) is 10.0 Å². The van der Waals surface area contributed by atoms with Gasteiger partial charge in [-0.1, -0.05) is 23.7 Å². The molecule has 4 nitrogen and oxygen atoms in total. The molecule has 0 aliphatic carbocycles. The maximum atomic E-state index is 13.7. The molecule has 3 rings (SSSR count). The van der Waals surface area contributed by atoms with E-state index in [-0.39, 0.29) is 17.1 Å². The number of sulfonamides is 1. The summed E-state index contributed by atoms with van der Waals surface area (Å²) in [6.45, 7) is 0.0300. The standard InChI is InChI=1S/C18H14ClFN2O2S/c19-15-6-8-18(9-7-15)25(23,24)22(13-14-3-2-10-21-12-14)17-5-1-4-16(20)11-17/h1-12H,13H2. The number of pyridine rings is 1. The quantitative estimate of drug-likeness (QED) is 0.668. The fraction of sp³-hybridized carbons (Fsp3) is 0.0556. The van der Waals surface area contributed by atoms with Crippen LogP contribution in [-0.2, 0) is 16.6 Å². The van der Waals surface area contributed by atoms with Crippen LogP contribution in [-0.4, -0.2) is 13.4 Å². The molecule has 3 aromatic rings. The molecule has 0 amide bonds. The molecule has 7 heteroatoms. The van der Waals surface area contributed by atoms with Crippen LogP contribution in [0.2, 0.25) is 5.02 Å². The number of halogens is 2. The predicted molar refractivity (Wildman–Crippen MR) is 95.5 cm³/mol. The summed E-state index contributed by atoms with van der Waals surface area (Å²) in [6.07, 6.45) is 3.17. The number of nitrogens with zero attached hydrogens (tertiary/aromatic N) is 2. The minimum atomic E-state index is -3.91. The first-order valence-corrected chi connectivity index (χ1v) is 9.21. The van der Waals surface area contributed by atoms with E-state index in [1.165, 1.54) is 42.5 Å². The highest BCUT2D eigenvalue weighted by Gasteiger charge is 2.25. The van der Waals surface area contributed by atoms with Crippen LogP contribution in [0.25, 0.3) is 0 Å². The van der Waals surface area contributed by atoms with E-state index in [2.05, 4.69) is 4.98 Å². The normalized spacial score (nSPS) is 11.3. The van der Waals surface area contributed by atoms with Crippen LogP contribution in [0.4, 0.5) is 10.1 Å². The molecule has 0 aliphatic heterocycles. The third-order valence-corrected chi connectivity index (χ3v) is 5.59. The Bertz CT molecular complexity index is 964. The van der Waals surface area contributed by atoms with Crippen molar-refractivity contribution in [1.82, 2.24) is 4.98 Å². The zero-order chi connectivity index (χ0) is 17.9. The van der Waals surface area contributed by atoms with Gasteiger partial charge >= 0.3 is 0 Å². The highest BCUT2D eigenvalue weighted by Crippen LogP contribution is 2.27. The number of anilines is 1. The molecule has 0 bridgehead atoms. The van der Waals surface area contributed by atoms with Crippen LogP contribution in [0.1, 0.15) is 5.56 Å². The second kappa shape index (κ2) is 7.21. The smallest absolute Gasteiger partial charge is 0.264 e. The molecule has 0 fully saturated rings. The molecule has 0 N–H and O–H groups in total. The monoisotopic (exact) mass is 376 g/mol. The van der Waals surface area contributed by atoms with Gasteiger partial charge < -0.3 is 0 Å². The van der Waals surface area contributed by atoms with E-state index in [0.29, 0.717) is 10.6 Å². The van der Waals surface area contributed by atoms with E-state index in [1.807, 2.05) is 0 Å². The van der Waals surface area contributed by atoms with Crippen LogP contribution in [0, 0.1) is 5.82 Å². The number of hydrogen-bond donors (Lipinski definition) is 0. The predicted octanol–water partition coefficient (Wildman–Crippen LogP) is 4.27. The Morgan fingerprint density at radius 3 is 2.44 bits per heavy atom. The molecule has 0 saturated carbocycles. The van der Waals surface area contributed by atoms with Crippen LogP contribution < -0.4 is 4.31 Å². The van der Waals surface area contributed by atoms with Crippen molar-refractivity contribution in [3.63, 3.8) is 0 Å². The summed E-state index contributed by atoms with van der Waals surface area (Å²) in [6, 6.07) is 14.8. The van der Waals surface area contributed by atoms with Crippen molar-refractivity contribution in [2.24, 2.45) is 0 Å². The highest BCUT2D eigenvalue weighted by atomic mass is 35.5. The molecule has 0 unspecified atom stereocenters. The molecule has 0 atom stereocenters. The summed E-state index contributed by atoms with van der Waals surface area (Å²) in [7, 11) is -3.91. The number of hydrogen-bond acceptors (Lipinski definition) is 3. The van der Waals surface area contributed by atoms with E-state index in [1.54, 1.807) is 30.6 Å². The molecule has 0 radical (unpaired) electrons. The zero-order valence-corrected chi connectivity index (χ0v) is 14.6. The second-order valence-electron chi connectivity index (χ2n) is 5.31. The van der Waals surface area contributed by atoms with Crippen molar-refractivity contribution in [2.75, 3.05) is 4.31 Å². The summed E-state index contributed by atoms with van der Waals surface area (Å²) < 4.78 is 41.0. The van der Waals surface area contributed by atoms with Crippen molar-refractivity contribution in [1.29, 1.82) is 0 Å². The van der Waals surface area contributed by atoms with Crippen molar-refractivity contribution < 1.29 is 12.8 Å². The molecular formula is C18H14ClFN2O2S. The van der Waals surface area contributed by atoms with E-state index < -0.39 is 15.8 Å². The molecule has 1 heterocycles. The first-order chi connectivity index (χ1) is 12.0. The lowest BCUT2D eigenvalue weighted by Crippen LogP contribution is -2.30. The first-order valence-electron chi connectivity index (χ1n) is 7.39. The van der Waals surface area contributed by atoms with Crippen LogP contribution in [0.5, 0.6) is 0 Å². The van der Waals surface area contributed by atoms with E-state index in [9.17, 15) is 12.8 Å². The fourth-order valence-electron chi connectivity index (χ4n) is 2.34. The van der Waals surface area contributed by atoms with E-state index in [4.69, 9.17) is 11.6 Å². The van der Waals surface area contributed by atoms with Gasteiger partial charge in [0.15, 0.2) is 0 Å². The summed E-state index contributed by atoms with van der Waals surface area (Å²) in [5.41, 5.74) is 0.920. The third-order valence-electron chi connectivity index (χ3n) is 3.55. The summed E-state index contributed by atoms with van der Waals surface area (Å²) in [5.74, 6) is -0.514. The van der Waals surface area contributed by atoms with Gasteiger partial charge in [0.1, 0.15) is 5.82 Å². The van der Waals surface area contributed by atoms with E-state index in [0.717, 1.165) is 4.31 Å². The Morgan fingerprint density at radius 2 is 1.80 bits per heavy atom. The molecule has 0 aliphatic rings. The van der Waals surface area contributed by atoms with Crippen molar-refractivity contribution in [3.05, 3.63) is 89.5 Å². The minimum Gasteiger partial charge on any atom is -0.264 e. The molecule has 2 aromatic carbocycles. The number of rotatable bonds is 5. The Hall–Kier alpha value is -2.44. The summed E-state index contributed by atoms with van der Waals surface area (Å²) in [4.78, 5) is 4.08. The molecule has 128 valence electrons. The second-order valence-corrected chi connectivity index (χ2v) is 7.61. The van der Waals surface area contributed by atoms with Crippen molar-refractivity contribution in [2.45, 2.75) is 11.4 Å². The Balaban J connectivity index is 2.08. The molecule has 1 aromatic heterocycles. The fourth-order valence-corrected chi connectivity index (χ4v) is 3.91. The summed E-state index contributed by atoms with van der Waals surface area (Å²) in [5, 5.41) is 0.434. The van der Waals surface area contributed by atoms with E-state index >= 15 is 0 Å². The zero-order valence-electron chi connectivity index (χ0n) is 13.0. The molecular weight excluding hydrogens is 363 g/mol. The van der Waals surface area contributed by atoms with Crippen LogP contribution >= 0.6 is 11.6 Å². The van der Waals surface area contributed by atoms with Gasteiger partial charge in [0.2, 0.25) is 0 Å². The van der Waals surface area contributed by atoms with Gasteiger partial charge in [-0.05, 0) is 54.1 Å². The largest absolute Gasteiger partial charge is 0.264 e. The topological polar surface area (TPSA) is 50.3 Å². The van der Waals surface area contributed by atoms with Crippen LogP contribution in [0.15, 0.2) is 78.0 Å². The van der Waals surface area contributed by atoms with Gasteiger partial charge in [-0.2, -0.15) is 0 Å². The highest BCUT2D eigenvalue weighted by molar-refractivity contribution is 7.92. The molecule has 0 spiro atoms. The third kappa shape index (κ3) is 3.97. The molecule has 0 saturated heterocycles. The number of benzene rings is 2. The Kier molecular flexibility index (Phi) is 5.01. The number of aromatic nitrogens is 1. The van der Waals surface area contributed by atoms with Gasteiger partial charge in [-0.25, -0.2) is 12.8 Å². The van der Waals surface area contributed by atoms with Gasteiger partial charge in [0.05, 0.1) is 17.1 Å². The maximum Gasteiger partial charge on any atom is 0.264 e. The van der Waals surface area contributed by atoms with Gasteiger partial charge in [0, 0.05) is 17.4 Å². The minimum absolute atomic E-state index is 0.0300. The average molecular weight is 377 g/mol. The SMILES string of the molecule is O=S(=O)(c1ccc(Cl)cc1)N(Cc1cccnc1)c1cccc(F)c1. The lowest BCUT2D eigenvalue weighted by Gasteiger charge is -2.24. The van der Waals surface area contributed by atoms with Crippen molar-refractivity contribution >= 4 is 27.3 Å². The van der Waals surface area contributed by atoms with Crippen molar-refractivity contribution in [3.8, 4) is 0 Å². The van der Waals surface area contributed by atoms with Gasteiger partial charge in [-0.15, -0.1) is 0 Å². The average Bonchev–Trinajstić information content (AvgIpc) is 2.61. The lowest BCUT2D eigenvalue weighted by atomic mass is 10.2. The van der Waals surface area contributed by atoms with Gasteiger partial charge in [-0.3, -0.25) is 9.29 Å². The maximum absolute atomic E-state index is 13.7. The Labute approximate surface area is 150 Å². The first kappa shape index (κ1) is 17.4. The Morgan fingerprint density at radius 1 is 1.04 bits per heavy atom.